The molecule has 0 aromatic rings. The fraction of sp³-hybridized carbons (Fsp3) is 0.750. The zero-order valence-electron chi connectivity index (χ0n) is 10.4. The highest BCUT2D eigenvalue weighted by atomic mass is 16.5. The van der Waals surface area contributed by atoms with Crippen molar-refractivity contribution in [2.75, 3.05) is 39.5 Å². The smallest absolute Gasteiger partial charge is 0.320 e. The molecule has 0 fully saturated rings. The fourth-order valence-electron chi connectivity index (χ4n) is 1.34. The largest absolute Gasteiger partial charge is 0.465 e. The van der Waals surface area contributed by atoms with Crippen molar-refractivity contribution in [3.63, 3.8) is 0 Å². The van der Waals surface area contributed by atoms with Crippen LogP contribution in [-0.4, -0.2) is 50.3 Å². The zero-order valence-corrected chi connectivity index (χ0v) is 10.4. The number of carbonyl (C=O) groups excluding carboxylic acids is 1. The molecule has 0 radical (unpaired) electrons. The number of nitrogens with zero attached hydrogens (tertiary/aromatic N) is 1. The Morgan fingerprint density at radius 2 is 2.12 bits per heavy atom. The van der Waals surface area contributed by atoms with E-state index in [-0.39, 0.29) is 5.97 Å². The Morgan fingerprint density at radius 3 is 2.69 bits per heavy atom. The molecule has 0 aliphatic rings. The highest BCUT2D eigenvalue weighted by Crippen LogP contribution is 1.94. The van der Waals surface area contributed by atoms with Crippen LogP contribution >= 0.6 is 0 Å². The maximum Gasteiger partial charge on any atom is 0.320 e. The van der Waals surface area contributed by atoms with Crippen LogP contribution in [0.4, 0.5) is 0 Å². The summed E-state index contributed by atoms with van der Waals surface area (Å²) in [6.07, 6.45) is 2.71. The molecular weight excluding hydrogens is 206 g/mol. The molecule has 0 aromatic heterocycles. The molecule has 16 heavy (non-hydrogen) atoms. The number of carbonyl (C=O) groups is 1. The van der Waals surface area contributed by atoms with Crippen molar-refractivity contribution in [2.45, 2.75) is 20.3 Å². The van der Waals surface area contributed by atoms with Crippen molar-refractivity contribution in [3.8, 4) is 0 Å². The van der Waals surface area contributed by atoms with E-state index >= 15 is 0 Å². The Morgan fingerprint density at radius 1 is 1.38 bits per heavy atom. The molecule has 0 rings (SSSR count). The molecule has 0 N–H and O–H groups in total. The lowest BCUT2D eigenvalue weighted by Crippen LogP contribution is -2.32. The average Bonchev–Trinajstić information content (AvgIpc) is 2.25. The van der Waals surface area contributed by atoms with E-state index in [4.69, 9.17) is 9.47 Å². The maximum atomic E-state index is 11.3. The van der Waals surface area contributed by atoms with Gasteiger partial charge in [-0.25, -0.2) is 0 Å². The lowest BCUT2D eigenvalue weighted by molar-refractivity contribution is -0.144. The van der Waals surface area contributed by atoms with Gasteiger partial charge in [-0.05, 0) is 20.3 Å². The van der Waals surface area contributed by atoms with Gasteiger partial charge in [0.15, 0.2) is 0 Å². The molecule has 0 heterocycles. The molecule has 0 unspecified atom stereocenters. The van der Waals surface area contributed by atoms with E-state index in [1.807, 2.05) is 18.7 Å². The van der Waals surface area contributed by atoms with Crippen LogP contribution < -0.4 is 0 Å². The van der Waals surface area contributed by atoms with E-state index in [1.54, 1.807) is 6.08 Å². The minimum absolute atomic E-state index is 0.180. The number of hydrogen-bond donors (Lipinski definition) is 0. The molecule has 0 aliphatic carbocycles. The van der Waals surface area contributed by atoms with Crippen LogP contribution in [0.25, 0.3) is 0 Å². The van der Waals surface area contributed by atoms with Crippen LogP contribution in [0.1, 0.15) is 20.3 Å². The minimum Gasteiger partial charge on any atom is -0.465 e. The Labute approximate surface area is 98.2 Å². The maximum absolute atomic E-state index is 11.3. The van der Waals surface area contributed by atoms with Crippen LogP contribution in [0.15, 0.2) is 12.7 Å². The van der Waals surface area contributed by atoms with Crippen molar-refractivity contribution in [3.05, 3.63) is 12.7 Å². The van der Waals surface area contributed by atoms with Crippen LogP contribution in [0.3, 0.4) is 0 Å². The predicted octanol–water partition coefficient (Wildman–Crippen LogP) is 1.46. The van der Waals surface area contributed by atoms with E-state index in [9.17, 15) is 4.79 Å². The third-order valence-corrected chi connectivity index (χ3v) is 2.01. The first-order valence-corrected chi connectivity index (χ1v) is 5.81. The molecule has 0 bridgehead atoms. The molecule has 94 valence electrons. The number of rotatable bonds is 10. The highest BCUT2D eigenvalue weighted by molar-refractivity contribution is 5.71. The first-order valence-electron chi connectivity index (χ1n) is 5.81. The lowest BCUT2D eigenvalue weighted by atomic mass is 10.3. The summed E-state index contributed by atoms with van der Waals surface area (Å²) >= 11 is 0. The molecule has 4 nitrogen and oxygen atoms in total. The van der Waals surface area contributed by atoms with Gasteiger partial charge in [0.25, 0.3) is 0 Å². The normalized spacial score (nSPS) is 10.4. The van der Waals surface area contributed by atoms with Gasteiger partial charge in [-0.2, -0.15) is 0 Å². The van der Waals surface area contributed by atoms with E-state index in [2.05, 4.69) is 6.58 Å². The second kappa shape index (κ2) is 10.6. The standard InChI is InChI=1S/C12H23NO3/c1-4-8-13(9-7-10-15-5-2)11-12(14)16-6-3/h4H,1,5-11H2,2-3H3. The van der Waals surface area contributed by atoms with Gasteiger partial charge in [-0.3, -0.25) is 9.69 Å². The molecule has 0 aromatic carbocycles. The summed E-state index contributed by atoms with van der Waals surface area (Å²) in [6.45, 7) is 11.2. The summed E-state index contributed by atoms with van der Waals surface area (Å²) in [5, 5.41) is 0. The Kier molecular flexibility index (Phi) is 10.1. The second-order valence-corrected chi connectivity index (χ2v) is 3.38. The quantitative estimate of drug-likeness (QED) is 0.323. The molecule has 0 saturated heterocycles. The number of ether oxygens (including phenoxy) is 2. The van der Waals surface area contributed by atoms with Crippen LogP contribution in [-0.2, 0) is 14.3 Å². The van der Waals surface area contributed by atoms with Gasteiger partial charge in [0.2, 0.25) is 0 Å². The Hall–Kier alpha value is -0.870. The molecule has 0 saturated carbocycles. The van der Waals surface area contributed by atoms with Crippen LogP contribution in [0.5, 0.6) is 0 Å². The predicted molar refractivity (Wildman–Crippen MR) is 64.4 cm³/mol. The third-order valence-electron chi connectivity index (χ3n) is 2.01. The molecule has 4 heteroatoms. The number of esters is 1. The van der Waals surface area contributed by atoms with Crippen molar-refractivity contribution < 1.29 is 14.3 Å². The summed E-state index contributed by atoms with van der Waals surface area (Å²) in [7, 11) is 0. The Bertz CT molecular complexity index is 195. The van der Waals surface area contributed by atoms with E-state index in [0.717, 1.165) is 26.2 Å². The van der Waals surface area contributed by atoms with Gasteiger partial charge < -0.3 is 9.47 Å². The van der Waals surface area contributed by atoms with Gasteiger partial charge >= 0.3 is 5.97 Å². The summed E-state index contributed by atoms with van der Waals surface area (Å²) in [5.41, 5.74) is 0. The van der Waals surface area contributed by atoms with Crippen molar-refractivity contribution in [1.29, 1.82) is 0 Å². The highest BCUT2D eigenvalue weighted by Gasteiger charge is 2.09. The second-order valence-electron chi connectivity index (χ2n) is 3.38. The summed E-state index contributed by atoms with van der Waals surface area (Å²) in [4.78, 5) is 13.3. The van der Waals surface area contributed by atoms with Gasteiger partial charge in [0.1, 0.15) is 0 Å². The Balaban J connectivity index is 3.77. The molecule has 0 amide bonds. The summed E-state index contributed by atoms with van der Waals surface area (Å²) in [6, 6.07) is 0. The van der Waals surface area contributed by atoms with Crippen molar-refractivity contribution in [2.24, 2.45) is 0 Å². The third kappa shape index (κ3) is 8.44. The van der Waals surface area contributed by atoms with Crippen LogP contribution in [0.2, 0.25) is 0 Å². The van der Waals surface area contributed by atoms with E-state index in [0.29, 0.717) is 19.7 Å². The van der Waals surface area contributed by atoms with Gasteiger partial charge in [0.05, 0.1) is 13.2 Å². The van der Waals surface area contributed by atoms with E-state index in [1.165, 1.54) is 0 Å². The first-order chi connectivity index (χ1) is 7.74. The molecule has 0 aliphatic heterocycles. The molecule has 0 spiro atoms. The fourth-order valence-corrected chi connectivity index (χ4v) is 1.34. The first kappa shape index (κ1) is 15.1. The molecule has 0 atom stereocenters. The average molecular weight is 229 g/mol. The lowest BCUT2D eigenvalue weighted by Gasteiger charge is -2.19. The monoisotopic (exact) mass is 229 g/mol. The van der Waals surface area contributed by atoms with Gasteiger partial charge in [-0.1, -0.05) is 6.08 Å². The SMILES string of the molecule is C=CCN(CCCOCC)CC(=O)OCC. The van der Waals surface area contributed by atoms with Crippen molar-refractivity contribution in [1.82, 2.24) is 4.90 Å². The zero-order chi connectivity index (χ0) is 12.2. The van der Waals surface area contributed by atoms with Crippen LogP contribution in [0, 0.1) is 0 Å². The van der Waals surface area contributed by atoms with Gasteiger partial charge in [0, 0.05) is 26.3 Å². The molecular formula is C12H23NO3. The van der Waals surface area contributed by atoms with E-state index < -0.39 is 0 Å². The van der Waals surface area contributed by atoms with Crippen molar-refractivity contribution >= 4 is 5.97 Å². The van der Waals surface area contributed by atoms with Gasteiger partial charge in [-0.15, -0.1) is 6.58 Å². The topological polar surface area (TPSA) is 38.8 Å². The summed E-state index contributed by atoms with van der Waals surface area (Å²) in [5.74, 6) is -0.180. The number of hydrogen-bond acceptors (Lipinski definition) is 4. The minimum atomic E-state index is -0.180. The summed E-state index contributed by atoms with van der Waals surface area (Å²) < 4.78 is 10.1.